The summed E-state index contributed by atoms with van der Waals surface area (Å²) in [6, 6.07) is 8.35. The zero-order valence-corrected chi connectivity index (χ0v) is 16.1. The number of ether oxygens (including phenoxy) is 1. The first kappa shape index (κ1) is 17.5. The maximum atomic E-state index is 12.6. The highest BCUT2D eigenvalue weighted by Crippen LogP contribution is 2.38. The van der Waals surface area contributed by atoms with E-state index in [4.69, 9.17) is 4.74 Å². The summed E-state index contributed by atoms with van der Waals surface area (Å²) < 4.78 is 5.62. The Bertz CT molecular complexity index is 777. The van der Waals surface area contributed by atoms with Crippen LogP contribution < -0.4 is 5.32 Å². The molecule has 1 unspecified atom stereocenters. The Morgan fingerprint density at radius 3 is 2.81 bits per heavy atom. The minimum atomic E-state index is 0.0153. The summed E-state index contributed by atoms with van der Waals surface area (Å²) in [5.74, 6) is 0.966. The number of carbonyl (C=O) groups excluding carboxylic acids is 1. The van der Waals surface area contributed by atoms with E-state index in [9.17, 15) is 4.79 Å². The maximum absolute atomic E-state index is 12.6. The van der Waals surface area contributed by atoms with Gasteiger partial charge in [-0.2, -0.15) is 0 Å². The average molecular weight is 372 g/mol. The third-order valence-electron chi connectivity index (χ3n) is 5.54. The van der Waals surface area contributed by atoms with Crippen molar-refractivity contribution in [3.63, 3.8) is 0 Å². The van der Waals surface area contributed by atoms with Crippen molar-refractivity contribution in [2.75, 3.05) is 20.2 Å². The number of likely N-dealkylation sites (tertiary alicyclic amines) is 1. The summed E-state index contributed by atoms with van der Waals surface area (Å²) in [5, 5.41) is 6.06. The first-order chi connectivity index (χ1) is 12.6. The van der Waals surface area contributed by atoms with E-state index in [0.29, 0.717) is 24.5 Å². The molecule has 1 aliphatic heterocycles. The molecule has 2 fully saturated rings. The fourth-order valence-electron chi connectivity index (χ4n) is 4.30. The summed E-state index contributed by atoms with van der Waals surface area (Å²) >= 11 is 1.62. The van der Waals surface area contributed by atoms with Gasteiger partial charge in [0.1, 0.15) is 5.01 Å². The minimum Gasteiger partial charge on any atom is -0.381 e. The number of hydrogen-bond acceptors (Lipinski definition) is 4. The van der Waals surface area contributed by atoms with Gasteiger partial charge in [0.25, 0.3) is 0 Å². The number of benzene rings is 1. The molecule has 0 spiro atoms. The lowest BCUT2D eigenvalue weighted by atomic mass is 9.95. The fraction of sp³-hybridized carbons (Fsp3) is 0.500. The molecule has 138 valence electrons. The monoisotopic (exact) mass is 371 g/mol. The molecular formula is C20H25N3O2S. The number of nitrogens with zero attached hydrogens (tertiary/aromatic N) is 2. The molecule has 1 aliphatic carbocycles. The normalized spacial score (nSPS) is 24.7. The highest BCUT2D eigenvalue weighted by atomic mass is 32.1. The Labute approximate surface area is 158 Å². The maximum Gasteiger partial charge on any atom is 0.317 e. The van der Waals surface area contributed by atoms with Gasteiger partial charge in [-0.25, -0.2) is 9.78 Å². The van der Waals surface area contributed by atoms with Gasteiger partial charge < -0.3 is 15.0 Å². The number of urea groups is 1. The van der Waals surface area contributed by atoms with Gasteiger partial charge >= 0.3 is 6.03 Å². The largest absolute Gasteiger partial charge is 0.381 e. The van der Waals surface area contributed by atoms with Crippen LogP contribution >= 0.6 is 11.3 Å². The molecule has 5 nitrogen and oxygen atoms in total. The van der Waals surface area contributed by atoms with E-state index in [0.717, 1.165) is 29.4 Å². The minimum absolute atomic E-state index is 0.0153. The second-order valence-corrected chi connectivity index (χ2v) is 8.23. The van der Waals surface area contributed by atoms with E-state index in [1.807, 2.05) is 16.3 Å². The van der Waals surface area contributed by atoms with E-state index in [2.05, 4.69) is 35.4 Å². The lowest BCUT2D eigenvalue weighted by molar-refractivity contribution is -0.00510. The molecule has 2 heterocycles. The second kappa shape index (κ2) is 7.37. The van der Waals surface area contributed by atoms with Gasteiger partial charge in [-0.15, -0.1) is 11.3 Å². The van der Waals surface area contributed by atoms with Gasteiger partial charge in [-0.05, 0) is 25.8 Å². The topological polar surface area (TPSA) is 54.5 Å². The first-order valence-corrected chi connectivity index (χ1v) is 10.1. The van der Waals surface area contributed by atoms with Crippen molar-refractivity contribution >= 4 is 17.4 Å². The molecule has 2 bridgehead atoms. The van der Waals surface area contributed by atoms with Crippen molar-refractivity contribution in [2.45, 2.75) is 32.4 Å². The van der Waals surface area contributed by atoms with E-state index >= 15 is 0 Å². The molecule has 1 aromatic carbocycles. The number of nitrogens with one attached hydrogen (secondary N) is 1. The van der Waals surface area contributed by atoms with E-state index in [1.54, 1.807) is 18.4 Å². The Hall–Kier alpha value is -1.92. The summed E-state index contributed by atoms with van der Waals surface area (Å²) in [7, 11) is 1.79. The molecule has 1 N–H and O–H groups in total. The van der Waals surface area contributed by atoms with Crippen molar-refractivity contribution < 1.29 is 9.53 Å². The van der Waals surface area contributed by atoms with Crippen molar-refractivity contribution in [3.05, 3.63) is 40.9 Å². The molecule has 2 amide bonds. The van der Waals surface area contributed by atoms with Crippen LogP contribution in [0.4, 0.5) is 4.79 Å². The van der Waals surface area contributed by atoms with Gasteiger partial charge in [0.2, 0.25) is 0 Å². The zero-order valence-electron chi connectivity index (χ0n) is 15.3. The second-order valence-electron chi connectivity index (χ2n) is 7.37. The number of fused-ring (bicyclic) bond motifs is 2. The number of methoxy groups -OCH3 is 1. The van der Waals surface area contributed by atoms with Crippen molar-refractivity contribution in [1.82, 2.24) is 15.2 Å². The van der Waals surface area contributed by atoms with Crippen molar-refractivity contribution in [1.29, 1.82) is 0 Å². The Kier molecular flexibility index (Phi) is 4.96. The number of aromatic nitrogens is 1. The van der Waals surface area contributed by atoms with Crippen molar-refractivity contribution in [2.24, 2.45) is 11.8 Å². The first-order valence-electron chi connectivity index (χ1n) is 9.21. The molecule has 3 atom stereocenters. The number of amides is 2. The molecule has 2 aliphatic rings. The fourth-order valence-corrected chi connectivity index (χ4v) is 5.12. The van der Waals surface area contributed by atoms with E-state index in [1.165, 1.54) is 18.4 Å². The van der Waals surface area contributed by atoms with Crippen LogP contribution in [0.3, 0.4) is 0 Å². The van der Waals surface area contributed by atoms with Crippen LogP contribution in [0, 0.1) is 18.8 Å². The van der Waals surface area contributed by atoms with Crippen LogP contribution in [0.15, 0.2) is 29.6 Å². The molecule has 4 rings (SSSR count). The predicted molar refractivity (Wildman–Crippen MR) is 103 cm³/mol. The van der Waals surface area contributed by atoms with Crippen LogP contribution in [0.2, 0.25) is 0 Å². The summed E-state index contributed by atoms with van der Waals surface area (Å²) in [6.07, 6.45) is 2.66. The number of aryl methyl sites for hydroxylation is 1. The highest BCUT2D eigenvalue weighted by molar-refractivity contribution is 7.13. The molecule has 1 aromatic heterocycles. The lowest BCUT2D eigenvalue weighted by Crippen LogP contribution is -2.51. The standard InChI is InChI=1S/C20H25N3O2S/c1-13-4-3-5-14(8-13)19-22-17(12-26-19)9-21-20(24)23-10-15-6-7-16(11-23)18(15)25-2/h3-5,8,12,15-16,18H,6-7,9-11H2,1-2H3,(H,21,24)/t15-,16+,18?. The molecule has 26 heavy (non-hydrogen) atoms. The third-order valence-corrected chi connectivity index (χ3v) is 6.48. The number of piperidine rings is 1. The predicted octanol–water partition coefficient (Wildman–Crippen LogP) is 3.68. The van der Waals surface area contributed by atoms with Gasteiger partial charge in [-0.3, -0.25) is 0 Å². The van der Waals surface area contributed by atoms with Crippen LogP contribution in [-0.2, 0) is 11.3 Å². The molecule has 2 aromatic rings. The quantitative estimate of drug-likeness (QED) is 0.892. The SMILES string of the molecule is COC1[C@@H]2CC[C@H]1CN(C(=O)NCc1csc(-c3cccc(C)c3)n1)C2. The zero-order chi connectivity index (χ0) is 18.1. The summed E-state index contributed by atoms with van der Waals surface area (Å²) in [4.78, 5) is 19.2. The van der Waals surface area contributed by atoms with Crippen LogP contribution in [-0.4, -0.2) is 42.2 Å². The number of carbonyl (C=O) groups is 1. The lowest BCUT2D eigenvalue weighted by Gasteiger charge is -2.37. The van der Waals surface area contributed by atoms with E-state index in [-0.39, 0.29) is 6.03 Å². The van der Waals surface area contributed by atoms with Crippen molar-refractivity contribution in [3.8, 4) is 10.6 Å². The summed E-state index contributed by atoms with van der Waals surface area (Å²) in [5.41, 5.74) is 3.27. The molecule has 0 radical (unpaired) electrons. The van der Waals surface area contributed by atoms with Gasteiger partial charge in [-0.1, -0.05) is 23.8 Å². The van der Waals surface area contributed by atoms with Crippen LogP contribution in [0.5, 0.6) is 0 Å². The number of thiazole rings is 1. The average Bonchev–Trinajstić information content (AvgIpc) is 3.21. The molecule has 6 heteroatoms. The van der Waals surface area contributed by atoms with Gasteiger partial charge in [0.05, 0.1) is 18.3 Å². The van der Waals surface area contributed by atoms with Crippen LogP contribution in [0.25, 0.3) is 10.6 Å². The summed E-state index contributed by atoms with van der Waals surface area (Å²) in [6.45, 7) is 4.15. The molecule has 1 saturated heterocycles. The number of rotatable bonds is 4. The van der Waals surface area contributed by atoms with E-state index < -0.39 is 0 Å². The highest BCUT2D eigenvalue weighted by Gasteiger charge is 2.43. The third kappa shape index (κ3) is 3.48. The smallest absolute Gasteiger partial charge is 0.317 e. The Balaban J connectivity index is 1.34. The Morgan fingerprint density at radius 2 is 2.12 bits per heavy atom. The Morgan fingerprint density at radius 1 is 1.35 bits per heavy atom. The van der Waals surface area contributed by atoms with Gasteiger partial charge in [0.15, 0.2) is 0 Å². The van der Waals surface area contributed by atoms with Crippen LogP contribution in [0.1, 0.15) is 24.1 Å². The number of hydrogen-bond donors (Lipinski definition) is 1. The molecule has 1 saturated carbocycles. The van der Waals surface area contributed by atoms with Gasteiger partial charge in [0, 0.05) is 43.0 Å². The molecular weight excluding hydrogens is 346 g/mol.